The van der Waals surface area contributed by atoms with Gasteiger partial charge in [-0.25, -0.2) is 0 Å². The summed E-state index contributed by atoms with van der Waals surface area (Å²) in [6.07, 6.45) is 2.42. The normalized spacial score (nSPS) is 18.6. The molecular weight excluding hydrogens is 374 g/mol. The van der Waals surface area contributed by atoms with Crippen LogP contribution >= 0.6 is 27.3 Å². The molecule has 4 nitrogen and oxygen atoms in total. The molecule has 4 rings (SSSR count). The first-order valence-electron chi connectivity index (χ1n) is 7.65. The van der Waals surface area contributed by atoms with E-state index in [1.54, 1.807) is 0 Å². The molecule has 0 spiro atoms. The Bertz CT molecular complexity index is 787. The monoisotopic (exact) mass is 389 g/mol. The van der Waals surface area contributed by atoms with Crippen molar-refractivity contribution in [3.63, 3.8) is 0 Å². The molecule has 3 aromatic rings. The van der Waals surface area contributed by atoms with E-state index in [0.29, 0.717) is 24.4 Å². The van der Waals surface area contributed by atoms with Gasteiger partial charge in [0.25, 0.3) is 0 Å². The van der Waals surface area contributed by atoms with Crippen LogP contribution in [0.1, 0.15) is 29.7 Å². The SMILES string of the molecule is Brc1cccc(-c2nnc(CN3CCC[C@@H]3c3cccs3)o2)c1. The van der Waals surface area contributed by atoms with Crippen LogP contribution in [0.2, 0.25) is 0 Å². The fraction of sp³-hybridized carbons (Fsp3) is 0.294. The highest BCUT2D eigenvalue weighted by Gasteiger charge is 2.28. The summed E-state index contributed by atoms with van der Waals surface area (Å²) in [5.74, 6) is 1.26. The van der Waals surface area contributed by atoms with E-state index in [1.807, 2.05) is 35.6 Å². The third kappa shape index (κ3) is 3.24. The van der Waals surface area contributed by atoms with E-state index in [9.17, 15) is 0 Å². The van der Waals surface area contributed by atoms with Crippen molar-refractivity contribution >= 4 is 27.3 Å². The Kier molecular flexibility index (Phi) is 4.29. The van der Waals surface area contributed by atoms with Crippen LogP contribution in [0, 0.1) is 0 Å². The minimum atomic E-state index is 0.483. The number of likely N-dealkylation sites (tertiary alicyclic amines) is 1. The van der Waals surface area contributed by atoms with E-state index in [-0.39, 0.29) is 0 Å². The van der Waals surface area contributed by atoms with Gasteiger partial charge in [-0.3, -0.25) is 4.90 Å². The molecule has 6 heteroatoms. The van der Waals surface area contributed by atoms with Crippen molar-refractivity contribution < 1.29 is 4.42 Å². The molecule has 0 radical (unpaired) electrons. The minimum absolute atomic E-state index is 0.483. The standard InChI is InChI=1S/C17H16BrN3OS/c18-13-5-1-4-12(10-13)17-20-19-16(22-17)11-21-8-2-6-14(21)15-7-3-9-23-15/h1,3-5,7,9-10,14H,2,6,8,11H2/t14-/m1/s1. The van der Waals surface area contributed by atoms with Crippen LogP contribution in [-0.4, -0.2) is 21.6 Å². The molecule has 1 fully saturated rings. The zero-order chi connectivity index (χ0) is 15.6. The van der Waals surface area contributed by atoms with Gasteiger partial charge in [0.2, 0.25) is 11.8 Å². The van der Waals surface area contributed by atoms with Gasteiger partial charge in [-0.05, 0) is 49.0 Å². The summed E-state index contributed by atoms with van der Waals surface area (Å²) in [6, 6.07) is 12.7. The summed E-state index contributed by atoms with van der Waals surface area (Å²) in [6.45, 7) is 1.79. The number of nitrogens with zero attached hydrogens (tertiary/aromatic N) is 3. The lowest BCUT2D eigenvalue weighted by Crippen LogP contribution is -2.22. The Morgan fingerprint density at radius 1 is 1.26 bits per heavy atom. The van der Waals surface area contributed by atoms with Crippen molar-refractivity contribution in [2.75, 3.05) is 6.54 Å². The summed E-state index contributed by atoms with van der Waals surface area (Å²) in [5.41, 5.74) is 0.939. The summed E-state index contributed by atoms with van der Waals surface area (Å²) in [4.78, 5) is 3.86. The Morgan fingerprint density at radius 3 is 3.04 bits per heavy atom. The number of halogens is 1. The number of aromatic nitrogens is 2. The van der Waals surface area contributed by atoms with Gasteiger partial charge in [-0.15, -0.1) is 21.5 Å². The lowest BCUT2D eigenvalue weighted by Gasteiger charge is -2.21. The minimum Gasteiger partial charge on any atom is -0.419 e. The maximum atomic E-state index is 5.87. The van der Waals surface area contributed by atoms with Crippen LogP contribution in [0.3, 0.4) is 0 Å². The van der Waals surface area contributed by atoms with Gasteiger partial charge >= 0.3 is 0 Å². The second-order valence-electron chi connectivity index (χ2n) is 5.66. The molecule has 1 saturated heterocycles. The van der Waals surface area contributed by atoms with Crippen molar-refractivity contribution in [1.29, 1.82) is 0 Å². The van der Waals surface area contributed by atoms with E-state index < -0.39 is 0 Å². The average Bonchev–Trinajstić information content (AvgIpc) is 3.29. The fourth-order valence-electron chi connectivity index (χ4n) is 3.05. The zero-order valence-corrected chi connectivity index (χ0v) is 14.9. The molecule has 0 bridgehead atoms. The largest absolute Gasteiger partial charge is 0.419 e. The second kappa shape index (κ2) is 6.55. The van der Waals surface area contributed by atoms with E-state index in [1.165, 1.54) is 17.7 Å². The third-order valence-corrected chi connectivity index (χ3v) is 5.58. The molecule has 23 heavy (non-hydrogen) atoms. The molecule has 0 N–H and O–H groups in total. The number of hydrogen-bond donors (Lipinski definition) is 0. The molecule has 1 aliphatic rings. The van der Waals surface area contributed by atoms with E-state index in [4.69, 9.17) is 4.42 Å². The highest BCUT2D eigenvalue weighted by Crippen LogP contribution is 2.35. The summed E-state index contributed by atoms with van der Waals surface area (Å²) in [7, 11) is 0. The molecule has 1 atom stereocenters. The summed E-state index contributed by atoms with van der Waals surface area (Å²) in [5, 5.41) is 10.6. The van der Waals surface area contributed by atoms with Crippen molar-refractivity contribution in [1.82, 2.24) is 15.1 Å². The van der Waals surface area contributed by atoms with Crippen molar-refractivity contribution in [2.24, 2.45) is 0 Å². The van der Waals surface area contributed by atoms with E-state index >= 15 is 0 Å². The molecule has 0 aliphatic carbocycles. The highest BCUT2D eigenvalue weighted by molar-refractivity contribution is 9.10. The quantitative estimate of drug-likeness (QED) is 0.636. The summed E-state index contributed by atoms with van der Waals surface area (Å²) >= 11 is 5.29. The molecule has 2 aromatic heterocycles. The topological polar surface area (TPSA) is 42.2 Å². The predicted molar refractivity (Wildman–Crippen MR) is 94.1 cm³/mol. The third-order valence-electron chi connectivity index (χ3n) is 4.11. The van der Waals surface area contributed by atoms with Crippen LogP contribution in [0.4, 0.5) is 0 Å². The molecule has 0 amide bonds. The average molecular weight is 390 g/mol. The molecule has 118 valence electrons. The van der Waals surface area contributed by atoms with Gasteiger partial charge in [0.05, 0.1) is 6.54 Å². The fourth-order valence-corrected chi connectivity index (χ4v) is 4.34. The van der Waals surface area contributed by atoms with Gasteiger partial charge in [0, 0.05) is 21.0 Å². The van der Waals surface area contributed by atoms with Crippen LogP contribution in [-0.2, 0) is 6.54 Å². The Morgan fingerprint density at radius 2 is 2.22 bits per heavy atom. The number of thiophene rings is 1. The van der Waals surface area contributed by atoms with Gasteiger partial charge in [0.1, 0.15) is 0 Å². The van der Waals surface area contributed by atoms with Crippen LogP contribution < -0.4 is 0 Å². The first kappa shape index (κ1) is 15.1. The maximum absolute atomic E-state index is 5.87. The van der Waals surface area contributed by atoms with Crippen molar-refractivity contribution in [3.05, 3.63) is 57.0 Å². The number of benzene rings is 1. The Hall–Kier alpha value is -1.50. The van der Waals surface area contributed by atoms with Gasteiger partial charge in [0.15, 0.2) is 0 Å². The van der Waals surface area contributed by atoms with Gasteiger partial charge in [-0.2, -0.15) is 0 Å². The molecule has 0 unspecified atom stereocenters. The van der Waals surface area contributed by atoms with Gasteiger partial charge in [-0.1, -0.05) is 28.1 Å². The Labute approximate surface area is 147 Å². The zero-order valence-electron chi connectivity index (χ0n) is 12.5. The van der Waals surface area contributed by atoms with Crippen LogP contribution in [0.15, 0.2) is 50.7 Å². The predicted octanol–water partition coefficient (Wildman–Crippen LogP) is 4.90. The maximum Gasteiger partial charge on any atom is 0.247 e. The first-order valence-corrected chi connectivity index (χ1v) is 9.32. The lowest BCUT2D eigenvalue weighted by molar-refractivity contribution is 0.227. The molecule has 1 aromatic carbocycles. The molecule has 3 heterocycles. The summed E-state index contributed by atoms with van der Waals surface area (Å²) < 4.78 is 6.88. The highest BCUT2D eigenvalue weighted by atomic mass is 79.9. The van der Waals surface area contributed by atoms with Crippen LogP contribution in [0.5, 0.6) is 0 Å². The van der Waals surface area contributed by atoms with E-state index in [0.717, 1.165) is 16.6 Å². The first-order chi connectivity index (χ1) is 11.3. The molecule has 1 aliphatic heterocycles. The Balaban J connectivity index is 1.51. The second-order valence-corrected chi connectivity index (χ2v) is 7.55. The number of hydrogen-bond acceptors (Lipinski definition) is 5. The smallest absolute Gasteiger partial charge is 0.247 e. The van der Waals surface area contributed by atoms with Crippen molar-refractivity contribution in [2.45, 2.75) is 25.4 Å². The van der Waals surface area contributed by atoms with Crippen LogP contribution in [0.25, 0.3) is 11.5 Å². The van der Waals surface area contributed by atoms with Crippen molar-refractivity contribution in [3.8, 4) is 11.5 Å². The lowest BCUT2D eigenvalue weighted by atomic mass is 10.2. The number of rotatable bonds is 4. The molecular formula is C17H16BrN3OS. The van der Waals surface area contributed by atoms with Gasteiger partial charge < -0.3 is 4.42 Å². The molecule has 0 saturated carbocycles. The van der Waals surface area contributed by atoms with E-state index in [2.05, 4.69) is 48.5 Å².